The molecular weight excluding hydrogens is 550 g/mol. The van der Waals surface area contributed by atoms with Gasteiger partial charge in [-0.05, 0) is 55.2 Å². The van der Waals surface area contributed by atoms with Crippen molar-refractivity contribution in [3.05, 3.63) is 87.4 Å². The Morgan fingerprint density at radius 2 is 2.07 bits per heavy atom. The van der Waals surface area contributed by atoms with Crippen molar-refractivity contribution in [2.24, 2.45) is 0 Å². The van der Waals surface area contributed by atoms with Crippen molar-refractivity contribution in [3.8, 4) is 5.75 Å². The van der Waals surface area contributed by atoms with Crippen LogP contribution < -0.4 is 16.1 Å². The molecule has 224 valence electrons. The van der Waals surface area contributed by atoms with Crippen LogP contribution in [0, 0.1) is 0 Å². The lowest BCUT2D eigenvalue weighted by Gasteiger charge is -2.50. The average molecular weight is 586 g/mol. The van der Waals surface area contributed by atoms with E-state index < -0.39 is 28.7 Å². The first-order valence-corrected chi connectivity index (χ1v) is 14.6. The van der Waals surface area contributed by atoms with E-state index in [1.165, 1.54) is 6.07 Å². The highest BCUT2D eigenvalue weighted by Gasteiger charge is 2.62. The number of esters is 1. The van der Waals surface area contributed by atoms with Crippen LogP contribution in [0.3, 0.4) is 0 Å². The number of pyridine rings is 1. The van der Waals surface area contributed by atoms with Crippen molar-refractivity contribution in [2.45, 2.75) is 63.1 Å². The van der Waals surface area contributed by atoms with Gasteiger partial charge in [0.2, 0.25) is 5.91 Å². The normalized spacial score (nSPS) is 24.5. The SMILES string of the molecule is CC=C(CCO)C(=O)OC1(C)CC=CC(c2cc(N)ncc2CC(=O)N2CCC2)C12Cc1cc3ccc(=O)oc3cc1O2. The first-order chi connectivity index (χ1) is 20.7. The van der Waals surface area contributed by atoms with E-state index >= 15 is 0 Å². The van der Waals surface area contributed by atoms with Gasteiger partial charge in [-0.25, -0.2) is 14.6 Å². The molecule has 1 aromatic carbocycles. The molecule has 3 N–H and O–H groups in total. The second-order valence-electron chi connectivity index (χ2n) is 11.7. The lowest BCUT2D eigenvalue weighted by atomic mass is 9.64. The third-order valence-electron chi connectivity index (χ3n) is 9.02. The first kappa shape index (κ1) is 28.7. The molecule has 43 heavy (non-hydrogen) atoms. The Balaban J connectivity index is 1.48. The van der Waals surface area contributed by atoms with E-state index in [2.05, 4.69) is 4.98 Å². The van der Waals surface area contributed by atoms with E-state index in [-0.39, 0.29) is 25.4 Å². The van der Waals surface area contributed by atoms with Gasteiger partial charge in [0, 0.05) is 74.2 Å². The van der Waals surface area contributed by atoms with Crippen LogP contribution >= 0.6 is 0 Å². The zero-order valence-electron chi connectivity index (χ0n) is 24.3. The molecule has 1 fully saturated rings. The fourth-order valence-corrected chi connectivity index (χ4v) is 6.48. The summed E-state index contributed by atoms with van der Waals surface area (Å²) in [5, 5.41) is 10.3. The Morgan fingerprint density at radius 1 is 1.26 bits per heavy atom. The number of likely N-dealkylation sites (tertiary alicyclic amines) is 1. The van der Waals surface area contributed by atoms with Crippen LogP contribution in [0.2, 0.25) is 0 Å². The summed E-state index contributed by atoms with van der Waals surface area (Å²) in [5.41, 5.74) is 6.52. The number of hydrogen-bond donors (Lipinski definition) is 2. The number of carbonyl (C=O) groups is 2. The number of fused-ring (bicyclic) bond motifs is 2. The number of aliphatic hydroxyl groups excluding tert-OH is 1. The molecule has 0 saturated carbocycles. The standard InChI is InChI=1S/C33H35N3O7/c1-3-20(9-13-37)31(40)43-32(2)10-4-6-25(24-16-28(34)35-19-23(24)15-29(38)36-11-5-12-36)33(32)18-22-14-21-7-8-30(39)41-26(21)17-27(22)42-33/h3-4,6-8,14,16-17,19,25,37H,5,9-13,15,18H2,1-2H3,(H2,34,35). The van der Waals surface area contributed by atoms with Gasteiger partial charge >= 0.3 is 11.6 Å². The fraction of sp³-hybridized carbons (Fsp3) is 0.394. The summed E-state index contributed by atoms with van der Waals surface area (Å²) in [6.45, 7) is 4.87. The van der Waals surface area contributed by atoms with Gasteiger partial charge in [0.1, 0.15) is 17.2 Å². The molecule has 3 atom stereocenters. The summed E-state index contributed by atoms with van der Waals surface area (Å²) >= 11 is 0. The number of carbonyl (C=O) groups excluding carboxylic acids is 2. The summed E-state index contributed by atoms with van der Waals surface area (Å²) < 4.78 is 18.7. The predicted molar refractivity (Wildman–Crippen MR) is 160 cm³/mol. The van der Waals surface area contributed by atoms with Crippen LogP contribution in [0.15, 0.2) is 69.5 Å². The molecule has 0 radical (unpaired) electrons. The summed E-state index contributed by atoms with van der Waals surface area (Å²) in [4.78, 5) is 44.7. The molecule has 10 heteroatoms. The van der Waals surface area contributed by atoms with Crippen molar-refractivity contribution in [1.82, 2.24) is 9.88 Å². The molecule has 0 bridgehead atoms. The van der Waals surface area contributed by atoms with E-state index in [1.54, 1.807) is 37.4 Å². The number of aromatic nitrogens is 1. The zero-order valence-corrected chi connectivity index (χ0v) is 24.3. The number of allylic oxidation sites excluding steroid dienone is 1. The van der Waals surface area contributed by atoms with Crippen molar-refractivity contribution >= 4 is 28.7 Å². The fourth-order valence-electron chi connectivity index (χ4n) is 6.48. The number of ether oxygens (including phenoxy) is 2. The Bertz CT molecular complexity index is 1720. The Hall–Kier alpha value is -4.44. The van der Waals surface area contributed by atoms with Crippen LogP contribution in [0.4, 0.5) is 5.82 Å². The molecule has 1 aliphatic carbocycles. The number of hydrogen-bond acceptors (Lipinski definition) is 9. The van der Waals surface area contributed by atoms with Gasteiger partial charge in [0.15, 0.2) is 11.2 Å². The number of anilines is 1. The van der Waals surface area contributed by atoms with Crippen molar-refractivity contribution in [1.29, 1.82) is 0 Å². The molecule has 2 aromatic heterocycles. The van der Waals surface area contributed by atoms with Crippen molar-refractivity contribution in [3.63, 3.8) is 0 Å². The molecule has 6 rings (SSSR count). The van der Waals surface area contributed by atoms with Gasteiger partial charge < -0.3 is 29.6 Å². The summed E-state index contributed by atoms with van der Waals surface area (Å²) in [6, 6.07) is 8.49. The summed E-state index contributed by atoms with van der Waals surface area (Å²) in [6.07, 6.45) is 9.30. The van der Waals surface area contributed by atoms with Gasteiger partial charge in [-0.3, -0.25) is 4.79 Å². The topological polar surface area (TPSA) is 145 Å². The number of nitrogens with zero attached hydrogens (tertiary/aromatic N) is 2. The second-order valence-corrected chi connectivity index (χ2v) is 11.7. The van der Waals surface area contributed by atoms with Crippen molar-refractivity contribution < 1.29 is 28.6 Å². The minimum atomic E-state index is -1.18. The van der Waals surface area contributed by atoms with E-state index in [1.807, 2.05) is 30.0 Å². The molecule has 1 amide bonds. The zero-order chi connectivity index (χ0) is 30.4. The summed E-state index contributed by atoms with van der Waals surface area (Å²) in [5.74, 6) is -0.194. The molecule has 1 spiro atoms. The van der Waals surface area contributed by atoms with Crippen LogP contribution in [0.25, 0.3) is 11.0 Å². The molecule has 1 saturated heterocycles. The maximum absolute atomic E-state index is 13.5. The van der Waals surface area contributed by atoms with E-state index in [0.717, 1.165) is 41.6 Å². The second kappa shape index (κ2) is 11.0. The molecule has 2 aliphatic heterocycles. The minimum absolute atomic E-state index is 0.0146. The maximum Gasteiger partial charge on any atom is 0.336 e. The smallest absolute Gasteiger partial charge is 0.336 e. The number of nitrogen functional groups attached to an aromatic ring is 1. The number of benzene rings is 1. The van der Waals surface area contributed by atoms with Crippen LogP contribution in [0.1, 0.15) is 55.7 Å². The Labute approximate surface area is 248 Å². The van der Waals surface area contributed by atoms with Gasteiger partial charge in [-0.15, -0.1) is 0 Å². The highest BCUT2D eigenvalue weighted by molar-refractivity contribution is 5.89. The van der Waals surface area contributed by atoms with Crippen LogP contribution in [-0.2, 0) is 27.2 Å². The van der Waals surface area contributed by atoms with E-state index in [0.29, 0.717) is 35.6 Å². The van der Waals surface area contributed by atoms with Gasteiger partial charge in [-0.2, -0.15) is 0 Å². The maximum atomic E-state index is 13.5. The molecule has 3 aliphatic rings. The van der Waals surface area contributed by atoms with Gasteiger partial charge in [0.05, 0.1) is 6.42 Å². The quantitative estimate of drug-likeness (QED) is 0.184. The monoisotopic (exact) mass is 585 g/mol. The Kier molecular flexibility index (Phi) is 7.33. The molecule has 10 nitrogen and oxygen atoms in total. The number of amides is 1. The first-order valence-electron chi connectivity index (χ1n) is 14.6. The Morgan fingerprint density at radius 3 is 2.79 bits per heavy atom. The largest absolute Gasteiger partial charge is 0.481 e. The minimum Gasteiger partial charge on any atom is -0.481 e. The lowest BCUT2D eigenvalue weighted by Crippen LogP contribution is -2.62. The van der Waals surface area contributed by atoms with E-state index in [4.69, 9.17) is 19.6 Å². The van der Waals surface area contributed by atoms with Crippen molar-refractivity contribution in [2.75, 3.05) is 25.4 Å². The van der Waals surface area contributed by atoms with Gasteiger partial charge in [0.25, 0.3) is 0 Å². The van der Waals surface area contributed by atoms with Crippen LogP contribution in [-0.4, -0.2) is 57.8 Å². The van der Waals surface area contributed by atoms with Crippen LogP contribution in [0.5, 0.6) is 5.75 Å². The molecule has 3 unspecified atom stereocenters. The highest BCUT2D eigenvalue weighted by Crippen LogP contribution is 2.55. The summed E-state index contributed by atoms with van der Waals surface area (Å²) in [7, 11) is 0. The molecule has 4 heterocycles. The molecular formula is C33H35N3O7. The number of rotatable bonds is 7. The van der Waals surface area contributed by atoms with Gasteiger partial charge in [-0.1, -0.05) is 18.2 Å². The van der Waals surface area contributed by atoms with E-state index in [9.17, 15) is 19.5 Å². The number of nitrogens with two attached hydrogens (primary N) is 1. The predicted octanol–water partition coefficient (Wildman–Crippen LogP) is 3.59. The highest BCUT2D eigenvalue weighted by atomic mass is 16.6. The lowest BCUT2D eigenvalue weighted by molar-refractivity contribution is -0.182. The average Bonchev–Trinajstić information content (AvgIpc) is 3.31. The third kappa shape index (κ3) is 4.99. The number of aliphatic hydroxyl groups is 1. The molecule has 3 aromatic rings. The third-order valence-corrected chi connectivity index (χ3v) is 9.02.